The number of hydrogen-bond donors (Lipinski definition) is 1. The first-order valence-electron chi connectivity index (χ1n) is 9.22. The van der Waals surface area contributed by atoms with Gasteiger partial charge in [-0.3, -0.25) is 4.57 Å². The van der Waals surface area contributed by atoms with Gasteiger partial charge in [-0.05, 0) is 17.5 Å². The average molecular weight is 408 g/mol. The molecule has 0 aliphatic carbocycles. The SMILES string of the molecule is COP(=O)(CC[C@@H](O)[C@H](COCc1ccccc1)OCc1ccccc1)OC. The topological polar surface area (TPSA) is 74.2 Å². The van der Waals surface area contributed by atoms with Gasteiger partial charge in [-0.25, -0.2) is 0 Å². The summed E-state index contributed by atoms with van der Waals surface area (Å²) in [6.45, 7) is 0.990. The lowest BCUT2D eigenvalue weighted by Crippen LogP contribution is -2.34. The zero-order chi connectivity index (χ0) is 20.2. The molecule has 0 aromatic heterocycles. The predicted octanol–water partition coefficient (Wildman–Crippen LogP) is 4.03. The van der Waals surface area contributed by atoms with Crippen LogP contribution in [0, 0.1) is 0 Å². The summed E-state index contributed by atoms with van der Waals surface area (Å²) in [5.41, 5.74) is 2.05. The van der Waals surface area contributed by atoms with E-state index in [0.717, 1.165) is 11.1 Å². The van der Waals surface area contributed by atoms with E-state index in [1.54, 1.807) is 0 Å². The van der Waals surface area contributed by atoms with Gasteiger partial charge < -0.3 is 23.6 Å². The molecule has 154 valence electrons. The van der Waals surface area contributed by atoms with E-state index in [9.17, 15) is 9.67 Å². The normalized spacial score (nSPS) is 14.0. The van der Waals surface area contributed by atoms with Gasteiger partial charge in [0.2, 0.25) is 0 Å². The van der Waals surface area contributed by atoms with Crippen molar-refractivity contribution in [2.75, 3.05) is 27.0 Å². The van der Waals surface area contributed by atoms with Gasteiger partial charge in [0.15, 0.2) is 0 Å². The van der Waals surface area contributed by atoms with Crippen molar-refractivity contribution < 1.29 is 28.2 Å². The van der Waals surface area contributed by atoms with Gasteiger partial charge in [-0.2, -0.15) is 0 Å². The Balaban J connectivity index is 1.92. The van der Waals surface area contributed by atoms with Crippen LogP contribution in [0.4, 0.5) is 0 Å². The summed E-state index contributed by atoms with van der Waals surface area (Å²) in [4.78, 5) is 0. The maximum absolute atomic E-state index is 12.2. The Hall–Kier alpha value is -1.53. The van der Waals surface area contributed by atoms with Gasteiger partial charge in [0.25, 0.3) is 0 Å². The molecule has 2 atom stereocenters. The van der Waals surface area contributed by atoms with Crippen molar-refractivity contribution in [2.45, 2.75) is 31.8 Å². The fourth-order valence-electron chi connectivity index (χ4n) is 2.65. The van der Waals surface area contributed by atoms with Crippen molar-refractivity contribution in [3.8, 4) is 0 Å². The van der Waals surface area contributed by atoms with Crippen LogP contribution >= 0.6 is 7.60 Å². The van der Waals surface area contributed by atoms with E-state index in [2.05, 4.69) is 0 Å². The lowest BCUT2D eigenvalue weighted by molar-refractivity contribution is -0.0897. The van der Waals surface area contributed by atoms with Crippen molar-refractivity contribution in [3.05, 3.63) is 71.8 Å². The minimum absolute atomic E-state index is 0.102. The molecule has 0 spiro atoms. The lowest BCUT2D eigenvalue weighted by atomic mass is 10.1. The van der Waals surface area contributed by atoms with E-state index in [4.69, 9.17) is 18.5 Å². The molecular weight excluding hydrogens is 379 g/mol. The molecule has 2 aromatic carbocycles. The van der Waals surface area contributed by atoms with Gasteiger partial charge in [0.1, 0.15) is 6.10 Å². The summed E-state index contributed by atoms with van der Waals surface area (Å²) in [6.07, 6.45) is -1.11. The minimum Gasteiger partial charge on any atom is -0.390 e. The molecule has 0 unspecified atom stereocenters. The Morgan fingerprint density at radius 2 is 1.43 bits per heavy atom. The molecule has 1 N–H and O–H groups in total. The van der Waals surface area contributed by atoms with Crippen LogP contribution in [0.25, 0.3) is 0 Å². The zero-order valence-corrected chi connectivity index (χ0v) is 17.3. The van der Waals surface area contributed by atoms with Crippen LogP contribution in [-0.2, 0) is 36.3 Å². The van der Waals surface area contributed by atoms with Crippen molar-refractivity contribution in [1.29, 1.82) is 0 Å². The van der Waals surface area contributed by atoms with Crippen LogP contribution in [-0.4, -0.2) is 44.3 Å². The second-order valence-electron chi connectivity index (χ2n) is 6.39. The van der Waals surface area contributed by atoms with Crippen LogP contribution in [0.3, 0.4) is 0 Å². The van der Waals surface area contributed by atoms with Gasteiger partial charge in [0, 0.05) is 14.2 Å². The second-order valence-corrected chi connectivity index (χ2v) is 8.79. The first kappa shape index (κ1) is 22.8. The Bertz CT molecular complexity index is 701. The van der Waals surface area contributed by atoms with E-state index in [1.165, 1.54) is 14.2 Å². The van der Waals surface area contributed by atoms with Crippen molar-refractivity contribution >= 4 is 7.60 Å². The molecule has 2 rings (SSSR count). The second kappa shape index (κ2) is 12.1. The molecule has 0 saturated heterocycles. The van der Waals surface area contributed by atoms with Crippen molar-refractivity contribution in [2.24, 2.45) is 0 Å². The summed E-state index contributed by atoms with van der Waals surface area (Å²) < 4.78 is 33.8. The lowest BCUT2D eigenvalue weighted by Gasteiger charge is -2.24. The quantitative estimate of drug-likeness (QED) is 0.505. The predicted molar refractivity (Wildman–Crippen MR) is 108 cm³/mol. The molecule has 28 heavy (non-hydrogen) atoms. The highest BCUT2D eigenvalue weighted by molar-refractivity contribution is 7.53. The third-order valence-electron chi connectivity index (χ3n) is 4.38. The summed E-state index contributed by atoms with van der Waals surface area (Å²) in [5, 5.41) is 10.6. The maximum atomic E-state index is 12.2. The van der Waals surface area contributed by atoms with E-state index < -0.39 is 19.8 Å². The smallest absolute Gasteiger partial charge is 0.330 e. The Labute approximate surface area is 166 Å². The van der Waals surface area contributed by atoms with Gasteiger partial charge in [-0.1, -0.05) is 60.7 Å². The highest BCUT2D eigenvalue weighted by atomic mass is 31.2. The van der Waals surface area contributed by atoms with Crippen molar-refractivity contribution in [3.63, 3.8) is 0 Å². The molecular formula is C21H29O6P. The first-order chi connectivity index (χ1) is 13.6. The van der Waals surface area contributed by atoms with Crippen LogP contribution in [0.2, 0.25) is 0 Å². The number of aliphatic hydroxyl groups is 1. The third kappa shape index (κ3) is 7.84. The van der Waals surface area contributed by atoms with E-state index in [0.29, 0.717) is 13.2 Å². The molecule has 6 nitrogen and oxygen atoms in total. The van der Waals surface area contributed by atoms with E-state index >= 15 is 0 Å². The average Bonchev–Trinajstić information content (AvgIpc) is 2.75. The molecule has 2 aromatic rings. The monoisotopic (exact) mass is 408 g/mol. The fourth-order valence-corrected chi connectivity index (χ4v) is 3.74. The van der Waals surface area contributed by atoms with Crippen LogP contribution in [0.5, 0.6) is 0 Å². The summed E-state index contributed by atoms with van der Waals surface area (Å²) in [7, 11) is -0.509. The molecule has 0 saturated carbocycles. The summed E-state index contributed by atoms with van der Waals surface area (Å²) in [5.74, 6) is 0. The standard InChI is InChI=1S/C21H29O6P/c1-24-28(23,25-2)14-13-20(22)21(27-16-19-11-7-4-8-12-19)17-26-15-18-9-5-3-6-10-18/h3-12,20-22H,13-17H2,1-2H3/t20-,21+/m1/s1. The van der Waals surface area contributed by atoms with Gasteiger partial charge in [0.05, 0.1) is 32.1 Å². The van der Waals surface area contributed by atoms with Gasteiger partial charge in [-0.15, -0.1) is 0 Å². The maximum Gasteiger partial charge on any atom is 0.330 e. The van der Waals surface area contributed by atoms with Gasteiger partial charge >= 0.3 is 7.60 Å². The Kier molecular flexibility index (Phi) is 9.85. The molecule has 0 fully saturated rings. The van der Waals surface area contributed by atoms with E-state index in [1.807, 2.05) is 60.7 Å². The van der Waals surface area contributed by atoms with E-state index in [-0.39, 0.29) is 19.2 Å². The third-order valence-corrected chi connectivity index (χ3v) is 6.30. The zero-order valence-electron chi connectivity index (χ0n) is 16.4. The first-order valence-corrected chi connectivity index (χ1v) is 10.9. The number of rotatable bonds is 13. The number of benzene rings is 2. The highest BCUT2D eigenvalue weighted by Gasteiger charge is 2.27. The minimum atomic E-state index is -3.18. The molecule has 7 heteroatoms. The Morgan fingerprint density at radius 3 is 1.96 bits per heavy atom. The van der Waals surface area contributed by atoms with Crippen molar-refractivity contribution in [1.82, 2.24) is 0 Å². The largest absolute Gasteiger partial charge is 0.390 e. The molecule has 0 heterocycles. The van der Waals surface area contributed by atoms with Crippen LogP contribution in [0.1, 0.15) is 17.5 Å². The number of hydrogen-bond acceptors (Lipinski definition) is 6. The molecule has 0 amide bonds. The number of aliphatic hydroxyl groups excluding tert-OH is 1. The molecule has 0 aliphatic rings. The molecule has 0 aliphatic heterocycles. The Morgan fingerprint density at radius 1 is 0.893 bits per heavy atom. The highest BCUT2D eigenvalue weighted by Crippen LogP contribution is 2.47. The fraction of sp³-hybridized carbons (Fsp3) is 0.429. The van der Waals surface area contributed by atoms with Crippen LogP contribution < -0.4 is 0 Å². The van der Waals surface area contributed by atoms with Crippen LogP contribution in [0.15, 0.2) is 60.7 Å². The summed E-state index contributed by atoms with van der Waals surface area (Å²) in [6, 6.07) is 19.5. The molecule has 0 radical (unpaired) electrons. The molecule has 0 bridgehead atoms. The number of ether oxygens (including phenoxy) is 2. The summed E-state index contributed by atoms with van der Waals surface area (Å²) >= 11 is 0.